The third kappa shape index (κ3) is 7.21. The van der Waals surface area contributed by atoms with Gasteiger partial charge in [-0.05, 0) is 25.0 Å². The average Bonchev–Trinajstić information content (AvgIpc) is 2.26. The first-order valence-corrected chi connectivity index (χ1v) is 5.63. The second kappa shape index (κ2) is 8.43. The van der Waals surface area contributed by atoms with Crippen LogP contribution in [-0.2, 0) is 0 Å². The first kappa shape index (κ1) is 15.3. The fourth-order valence-electron chi connectivity index (χ4n) is 1.26. The van der Waals surface area contributed by atoms with E-state index in [2.05, 4.69) is 0 Å². The van der Waals surface area contributed by atoms with Crippen LogP contribution in [0.2, 0.25) is 0 Å². The van der Waals surface area contributed by atoms with Crippen molar-refractivity contribution in [2.45, 2.75) is 46.0 Å². The van der Waals surface area contributed by atoms with Crippen LogP contribution in [0.5, 0.6) is 0 Å². The lowest BCUT2D eigenvalue weighted by Gasteiger charge is -1.97. The number of hydrogen-bond acceptors (Lipinski definition) is 4. The Morgan fingerprint density at radius 3 is 2.24 bits per heavy atom. The average molecular weight is 242 g/mol. The van der Waals surface area contributed by atoms with E-state index in [1.54, 1.807) is 0 Å². The molecule has 6 heteroatoms. The van der Waals surface area contributed by atoms with E-state index in [9.17, 15) is 20.2 Å². The third-order valence-electron chi connectivity index (χ3n) is 2.33. The molecule has 0 radical (unpaired) electrons. The summed E-state index contributed by atoms with van der Waals surface area (Å²) in [5, 5.41) is 21.0. The highest BCUT2D eigenvalue weighted by molar-refractivity contribution is 4.99. The Morgan fingerprint density at radius 2 is 1.76 bits per heavy atom. The molecule has 0 aliphatic rings. The molecule has 0 atom stereocenters. The van der Waals surface area contributed by atoms with Crippen molar-refractivity contribution in [2.75, 3.05) is 0 Å². The molecule has 0 aliphatic carbocycles. The maximum atomic E-state index is 10.7. The normalized spacial score (nSPS) is 12.6. The van der Waals surface area contributed by atoms with E-state index < -0.39 is 9.85 Å². The molecule has 0 bridgehead atoms. The van der Waals surface area contributed by atoms with E-state index in [1.165, 1.54) is 19.1 Å². The minimum atomic E-state index is -0.503. The Labute approximate surface area is 100 Å². The molecule has 0 N–H and O–H groups in total. The van der Waals surface area contributed by atoms with Gasteiger partial charge in [-0.3, -0.25) is 20.2 Å². The van der Waals surface area contributed by atoms with Gasteiger partial charge in [-0.1, -0.05) is 19.8 Å². The Balaban J connectivity index is 4.35. The first-order chi connectivity index (χ1) is 7.99. The van der Waals surface area contributed by atoms with Gasteiger partial charge in [-0.25, -0.2) is 0 Å². The lowest BCUT2D eigenvalue weighted by Crippen LogP contribution is -1.99. The Hall–Kier alpha value is -1.72. The van der Waals surface area contributed by atoms with Gasteiger partial charge in [-0.15, -0.1) is 0 Å². The Bertz CT molecular complexity index is 334. The molecule has 96 valence electrons. The summed E-state index contributed by atoms with van der Waals surface area (Å²) in [5.74, 6) is 0. The molecule has 0 saturated heterocycles. The molecule has 17 heavy (non-hydrogen) atoms. The summed E-state index contributed by atoms with van der Waals surface area (Å²) in [6.45, 7) is 3.40. The molecule has 0 amide bonds. The second-order valence-electron chi connectivity index (χ2n) is 3.75. The standard InChI is InChI=1S/C11H18N2O4/c1-3-4-5-8-11(13(16)17)9-6-7-10(2)12(14)15/h7,9H,3-6,8H2,1-2H3/b10-7+,11-9+. The van der Waals surface area contributed by atoms with E-state index >= 15 is 0 Å². The van der Waals surface area contributed by atoms with E-state index in [0.717, 1.165) is 19.3 Å². The molecule has 0 aromatic carbocycles. The first-order valence-electron chi connectivity index (χ1n) is 5.63. The third-order valence-corrected chi connectivity index (χ3v) is 2.33. The predicted molar refractivity (Wildman–Crippen MR) is 64.6 cm³/mol. The van der Waals surface area contributed by atoms with Crippen LogP contribution in [0.15, 0.2) is 23.5 Å². The van der Waals surface area contributed by atoms with Gasteiger partial charge in [0, 0.05) is 13.3 Å². The SMILES string of the molecule is CCCCC/C(=C\C/C=C(\C)[N+](=O)[O-])[N+](=O)[O-]. The van der Waals surface area contributed by atoms with Crippen LogP contribution in [0.1, 0.15) is 46.0 Å². The molecular weight excluding hydrogens is 224 g/mol. The maximum Gasteiger partial charge on any atom is 0.242 e. The zero-order chi connectivity index (χ0) is 13.3. The Morgan fingerprint density at radius 1 is 1.12 bits per heavy atom. The van der Waals surface area contributed by atoms with Crippen LogP contribution in [0, 0.1) is 20.2 Å². The second-order valence-corrected chi connectivity index (χ2v) is 3.75. The van der Waals surface area contributed by atoms with Gasteiger partial charge in [0.25, 0.3) is 0 Å². The van der Waals surface area contributed by atoms with Gasteiger partial charge in [-0.2, -0.15) is 0 Å². The number of nitro groups is 2. The topological polar surface area (TPSA) is 86.3 Å². The molecule has 0 aliphatic heterocycles. The van der Waals surface area contributed by atoms with E-state index in [1.807, 2.05) is 6.92 Å². The molecular formula is C11H18N2O4. The lowest BCUT2D eigenvalue weighted by molar-refractivity contribution is -0.428. The maximum absolute atomic E-state index is 10.7. The Kier molecular flexibility index (Phi) is 7.58. The number of rotatable bonds is 8. The van der Waals surface area contributed by atoms with Gasteiger partial charge >= 0.3 is 0 Å². The highest BCUT2D eigenvalue weighted by Crippen LogP contribution is 2.11. The molecule has 0 aromatic heterocycles. The zero-order valence-electron chi connectivity index (χ0n) is 10.2. The van der Waals surface area contributed by atoms with Crippen LogP contribution in [0.3, 0.4) is 0 Å². The summed E-state index contributed by atoms with van der Waals surface area (Å²) in [6.07, 6.45) is 6.22. The molecule has 0 saturated carbocycles. The fourth-order valence-corrected chi connectivity index (χ4v) is 1.26. The number of nitrogens with zero attached hydrogens (tertiary/aromatic N) is 2. The molecule has 0 unspecified atom stereocenters. The highest BCUT2D eigenvalue weighted by Gasteiger charge is 2.09. The van der Waals surface area contributed by atoms with Crippen molar-refractivity contribution in [3.8, 4) is 0 Å². The minimum absolute atomic E-state index is 0.0116. The van der Waals surface area contributed by atoms with Gasteiger partial charge in [0.2, 0.25) is 11.4 Å². The lowest BCUT2D eigenvalue weighted by atomic mass is 10.1. The number of unbranched alkanes of at least 4 members (excludes halogenated alkanes) is 2. The highest BCUT2D eigenvalue weighted by atomic mass is 16.6. The molecule has 0 heterocycles. The van der Waals surface area contributed by atoms with Crippen molar-refractivity contribution in [1.29, 1.82) is 0 Å². The monoisotopic (exact) mass is 242 g/mol. The van der Waals surface area contributed by atoms with Gasteiger partial charge < -0.3 is 0 Å². The summed E-state index contributed by atoms with van der Waals surface area (Å²) in [4.78, 5) is 20.1. The number of hydrogen-bond donors (Lipinski definition) is 0. The molecule has 0 fully saturated rings. The fraction of sp³-hybridized carbons (Fsp3) is 0.636. The van der Waals surface area contributed by atoms with E-state index in [4.69, 9.17) is 0 Å². The summed E-state index contributed by atoms with van der Waals surface area (Å²) < 4.78 is 0. The molecule has 6 nitrogen and oxygen atoms in total. The van der Waals surface area contributed by atoms with Crippen LogP contribution >= 0.6 is 0 Å². The van der Waals surface area contributed by atoms with Crippen molar-refractivity contribution >= 4 is 0 Å². The van der Waals surface area contributed by atoms with Crippen LogP contribution < -0.4 is 0 Å². The van der Waals surface area contributed by atoms with Crippen molar-refractivity contribution in [1.82, 2.24) is 0 Å². The van der Waals surface area contributed by atoms with Crippen LogP contribution in [0.4, 0.5) is 0 Å². The van der Waals surface area contributed by atoms with Crippen molar-refractivity contribution in [3.05, 3.63) is 43.8 Å². The van der Waals surface area contributed by atoms with Crippen molar-refractivity contribution in [3.63, 3.8) is 0 Å². The summed E-state index contributed by atoms with van der Waals surface area (Å²) >= 11 is 0. The summed E-state index contributed by atoms with van der Waals surface area (Å²) in [5.41, 5.74) is 0.156. The van der Waals surface area contributed by atoms with Gasteiger partial charge in [0.1, 0.15) is 0 Å². The quantitative estimate of drug-likeness (QED) is 0.371. The minimum Gasteiger partial charge on any atom is -0.259 e. The largest absolute Gasteiger partial charge is 0.259 e. The van der Waals surface area contributed by atoms with E-state index in [0.29, 0.717) is 6.42 Å². The van der Waals surface area contributed by atoms with Gasteiger partial charge in [0.05, 0.1) is 9.85 Å². The summed E-state index contributed by atoms with van der Waals surface area (Å²) in [7, 11) is 0. The molecule has 0 aromatic rings. The van der Waals surface area contributed by atoms with Gasteiger partial charge in [0.15, 0.2) is 0 Å². The van der Waals surface area contributed by atoms with Crippen molar-refractivity contribution in [2.24, 2.45) is 0 Å². The van der Waals surface area contributed by atoms with Crippen molar-refractivity contribution < 1.29 is 9.85 Å². The smallest absolute Gasteiger partial charge is 0.242 e. The van der Waals surface area contributed by atoms with E-state index in [-0.39, 0.29) is 17.8 Å². The van der Waals surface area contributed by atoms with Crippen LogP contribution in [0.25, 0.3) is 0 Å². The zero-order valence-corrected chi connectivity index (χ0v) is 10.2. The predicted octanol–water partition coefficient (Wildman–Crippen LogP) is 3.30. The number of allylic oxidation sites excluding steroid dienone is 4. The molecule has 0 spiro atoms. The summed E-state index contributed by atoms with van der Waals surface area (Å²) in [6, 6.07) is 0. The van der Waals surface area contributed by atoms with Crippen LogP contribution in [-0.4, -0.2) is 9.85 Å². The molecule has 0 rings (SSSR count).